The Labute approximate surface area is 152 Å². The van der Waals surface area contributed by atoms with Gasteiger partial charge in [0.25, 0.3) is 0 Å². The molecule has 4 rings (SSSR count). The van der Waals surface area contributed by atoms with Gasteiger partial charge in [0.05, 0.1) is 17.0 Å². The van der Waals surface area contributed by atoms with Gasteiger partial charge in [-0.15, -0.1) is 0 Å². The number of fused-ring (bicyclic) bond motifs is 1. The smallest absolute Gasteiger partial charge is 0.244 e. The largest absolute Gasteiger partial charge is 0.312 e. The van der Waals surface area contributed by atoms with E-state index in [4.69, 9.17) is 0 Å². The lowest BCUT2D eigenvalue weighted by atomic mass is 10.1. The van der Waals surface area contributed by atoms with Gasteiger partial charge in [0.15, 0.2) is 0 Å². The predicted octanol–water partition coefficient (Wildman–Crippen LogP) is 2.92. The van der Waals surface area contributed by atoms with E-state index in [1.165, 1.54) is 0 Å². The third-order valence-electron chi connectivity index (χ3n) is 4.32. The second-order valence-corrected chi connectivity index (χ2v) is 6.88. The van der Waals surface area contributed by atoms with Crippen molar-refractivity contribution in [3.63, 3.8) is 0 Å². The molecule has 1 aromatic heterocycles. The molecule has 0 spiro atoms. The number of hydrogen-bond acceptors (Lipinski definition) is 3. The molecule has 25 heavy (non-hydrogen) atoms. The summed E-state index contributed by atoms with van der Waals surface area (Å²) >= 11 is 3.38. The second kappa shape index (κ2) is 6.33. The van der Waals surface area contributed by atoms with Crippen LogP contribution >= 0.6 is 15.9 Å². The molecule has 1 N–H and O–H groups in total. The first-order valence-corrected chi connectivity index (χ1v) is 8.70. The van der Waals surface area contributed by atoms with E-state index in [9.17, 15) is 9.59 Å². The van der Waals surface area contributed by atoms with E-state index in [0.29, 0.717) is 6.54 Å². The van der Waals surface area contributed by atoms with E-state index in [0.717, 1.165) is 21.2 Å². The van der Waals surface area contributed by atoms with E-state index in [1.54, 1.807) is 15.9 Å². The monoisotopic (exact) mass is 398 g/mol. The van der Waals surface area contributed by atoms with Crippen LogP contribution in [-0.2, 0) is 9.59 Å². The lowest BCUT2D eigenvalue weighted by molar-refractivity contribution is -0.123. The number of benzene rings is 2. The number of carbonyl (C=O) groups excluding carboxylic acids is 2. The number of amides is 2. The molecule has 2 heterocycles. The summed E-state index contributed by atoms with van der Waals surface area (Å²) in [6.45, 7) is 0.374. The zero-order valence-corrected chi connectivity index (χ0v) is 14.8. The van der Waals surface area contributed by atoms with Gasteiger partial charge in [0, 0.05) is 23.1 Å². The van der Waals surface area contributed by atoms with Gasteiger partial charge in [0.1, 0.15) is 6.33 Å². The molecule has 126 valence electrons. The fourth-order valence-electron chi connectivity index (χ4n) is 3.01. The van der Waals surface area contributed by atoms with Crippen LogP contribution in [0.5, 0.6) is 0 Å². The molecular weight excluding hydrogens is 384 g/mol. The van der Waals surface area contributed by atoms with Crippen LogP contribution in [0.2, 0.25) is 0 Å². The van der Waals surface area contributed by atoms with Crippen molar-refractivity contribution in [3.8, 4) is 0 Å². The van der Waals surface area contributed by atoms with Crippen molar-refractivity contribution < 1.29 is 9.59 Å². The van der Waals surface area contributed by atoms with E-state index in [2.05, 4.69) is 26.3 Å². The first-order chi connectivity index (χ1) is 12.1. The third-order valence-corrected chi connectivity index (χ3v) is 4.85. The molecule has 6 nitrogen and oxygen atoms in total. The molecule has 7 heteroatoms. The maximum atomic E-state index is 12.6. The van der Waals surface area contributed by atoms with Crippen molar-refractivity contribution in [3.05, 3.63) is 59.3 Å². The minimum Gasteiger partial charge on any atom is -0.312 e. The minimum atomic E-state index is -0.391. The number of anilines is 1. The first-order valence-electron chi connectivity index (χ1n) is 7.91. The van der Waals surface area contributed by atoms with Crippen molar-refractivity contribution in [2.24, 2.45) is 5.92 Å². The van der Waals surface area contributed by atoms with E-state index in [-0.39, 0.29) is 18.2 Å². The number of para-hydroxylation sites is 2. The Bertz CT molecular complexity index is 951. The Morgan fingerprint density at radius 3 is 2.72 bits per heavy atom. The van der Waals surface area contributed by atoms with Crippen molar-refractivity contribution in [2.75, 3.05) is 16.9 Å². The average molecular weight is 399 g/mol. The minimum absolute atomic E-state index is 0.0436. The van der Waals surface area contributed by atoms with Crippen molar-refractivity contribution in [1.82, 2.24) is 9.66 Å². The summed E-state index contributed by atoms with van der Waals surface area (Å²) in [6.07, 6.45) is 1.78. The summed E-state index contributed by atoms with van der Waals surface area (Å²) in [5.74, 6) is -0.619. The van der Waals surface area contributed by atoms with Crippen LogP contribution in [0, 0.1) is 5.92 Å². The highest BCUT2D eigenvalue weighted by Crippen LogP contribution is 2.26. The number of carbonyl (C=O) groups is 2. The maximum Gasteiger partial charge on any atom is 0.244 e. The zero-order valence-electron chi connectivity index (χ0n) is 13.2. The number of rotatable bonds is 3. The lowest BCUT2D eigenvalue weighted by Gasteiger charge is -2.17. The van der Waals surface area contributed by atoms with Gasteiger partial charge in [0.2, 0.25) is 11.8 Å². The molecule has 1 fully saturated rings. The quantitative estimate of drug-likeness (QED) is 0.737. The van der Waals surface area contributed by atoms with E-state index in [1.807, 2.05) is 48.5 Å². The second-order valence-electron chi connectivity index (χ2n) is 5.96. The SMILES string of the molecule is O=C(Nn1cnc2ccccc21)[C@H]1CC(=O)N(c2ccc(Br)cc2)C1. The summed E-state index contributed by atoms with van der Waals surface area (Å²) in [4.78, 5) is 30.8. The van der Waals surface area contributed by atoms with Crippen LogP contribution in [0.1, 0.15) is 6.42 Å². The van der Waals surface area contributed by atoms with Gasteiger partial charge in [-0.1, -0.05) is 28.1 Å². The number of aromatic nitrogens is 2. The molecule has 1 aliphatic rings. The zero-order chi connectivity index (χ0) is 17.4. The molecule has 0 unspecified atom stereocenters. The number of nitrogens with one attached hydrogen (secondary N) is 1. The maximum absolute atomic E-state index is 12.6. The Morgan fingerprint density at radius 1 is 1.16 bits per heavy atom. The van der Waals surface area contributed by atoms with Crippen molar-refractivity contribution in [2.45, 2.75) is 6.42 Å². The molecular formula is C18H15BrN4O2. The van der Waals surface area contributed by atoms with Crippen LogP contribution in [0.3, 0.4) is 0 Å². The molecule has 0 saturated carbocycles. The van der Waals surface area contributed by atoms with Crippen LogP contribution in [0.15, 0.2) is 59.3 Å². The fraction of sp³-hybridized carbons (Fsp3) is 0.167. The molecule has 0 bridgehead atoms. The highest BCUT2D eigenvalue weighted by atomic mass is 79.9. The molecule has 3 aromatic rings. The van der Waals surface area contributed by atoms with Gasteiger partial charge in [-0.2, -0.15) is 0 Å². The molecule has 1 saturated heterocycles. The Morgan fingerprint density at radius 2 is 1.92 bits per heavy atom. The molecule has 1 aliphatic heterocycles. The lowest BCUT2D eigenvalue weighted by Crippen LogP contribution is -2.31. The number of hydrogen-bond donors (Lipinski definition) is 1. The predicted molar refractivity (Wildman–Crippen MR) is 98.7 cm³/mol. The first kappa shape index (κ1) is 15.8. The van der Waals surface area contributed by atoms with Crippen LogP contribution < -0.4 is 10.3 Å². The summed E-state index contributed by atoms with van der Waals surface area (Å²) in [7, 11) is 0. The van der Waals surface area contributed by atoms with Gasteiger partial charge >= 0.3 is 0 Å². The normalized spacial score (nSPS) is 17.2. The Balaban J connectivity index is 1.50. The topological polar surface area (TPSA) is 67.2 Å². The van der Waals surface area contributed by atoms with Gasteiger partial charge in [-0.3, -0.25) is 15.0 Å². The Hall–Kier alpha value is -2.67. The number of imidazole rings is 1. The van der Waals surface area contributed by atoms with Gasteiger partial charge in [-0.25, -0.2) is 9.66 Å². The van der Waals surface area contributed by atoms with Crippen LogP contribution in [0.25, 0.3) is 11.0 Å². The van der Waals surface area contributed by atoms with Gasteiger partial charge in [-0.05, 0) is 36.4 Å². The van der Waals surface area contributed by atoms with Crippen molar-refractivity contribution in [1.29, 1.82) is 0 Å². The fourth-order valence-corrected chi connectivity index (χ4v) is 3.28. The van der Waals surface area contributed by atoms with Crippen molar-refractivity contribution >= 4 is 44.5 Å². The van der Waals surface area contributed by atoms with E-state index >= 15 is 0 Å². The number of nitrogens with zero attached hydrogens (tertiary/aromatic N) is 3. The third kappa shape index (κ3) is 3.02. The molecule has 1 atom stereocenters. The highest BCUT2D eigenvalue weighted by Gasteiger charge is 2.35. The van der Waals surface area contributed by atoms with E-state index < -0.39 is 5.92 Å². The average Bonchev–Trinajstić information content (AvgIpc) is 3.20. The standard InChI is InChI=1S/C18H15BrN4O2/c19-13-5-7-14(8-6-13)22-10-12(9-17(22)24)18(25)21-23-11-20-15-3-1-2-4-16(15)23/h1-8,11-12H,9-10H2,(H,21,25)/t12-/m0/s1. The van der Waals surface area contributed by atoms with Gasteiger partial charge < -0.3 is 4.90 Å². The Kier molecular flexibility index (Phi) is 4.01. The van der Waals surface area contributed by atoms with Crippen LogP contribution in [0.4, 0.5) is 5.69 Å². The highest BCUT2D eigenvalue weighted by molar-refractivity contribution is 9.10. The molecule has 0 radical (unpaired) electrons. The molecule has 2 amide bonds. The summed E-state index contributed by atoms with van der Waals surface area (Å²) in [5.41, 5.74) is 5.27. The summed E-state index contributed by atoms with van der Waals surface area (Å²) in [5, 5.41) is 0. The summed E-state index contributed by atoms with van der Waals surface area (Å²) in [6, 6.07) is 15.1. The molecule has 0 aliphatic carbocycles. The van der Waals surface area contributed by atoms with Crippen LogP contribution in [-0.4, -0.2) is 28.0 Å². The number of halogens is 1. The summed E-state index contributed by atoms with van der Waals surface area (Å²) < 4.78 is 2.55. The molecule has 2 aromatic carbocycles.